The lowest BCUT2D eigenvalue weighted by Gasteiger charge is -2.24. The van der Waals surface area contributed by atoms with Gasteiger partial charge in [-0.1, -0.05) is 59.7 Å². The molecular formula is C24H22BF3NO2S-. The predicted octanol–water partition coefficient (Wildman–Crippen LogP) is 5.69. The Kier molecular flexibility index (Phi) is 5.99. The van der Waals surface area contributed by atoms with Crippen molar-refractivity contribution in [3.63, 3.8) is 0 Å². The maximum atomic E-state index is 13.5. The number of carbonyl (C=O) groups is 1. The Morgan fingerprint density at radius 3 is 2.12 bits per heavy atom. The van der Waals surface area contributed by atoms with E-state index in [0.717, 1.165) is 22.3 Å². The van der Waals surface area contributed by atoms with Gasteiger partial charge >= 0.3 is 13.1 Å². The maximum absolute atomic E-state index is 13.5. The Morgan fingerprint density at radius 1 is 1.00 bits per heavy atom. The Labute approximate surface area is 190 Å². The average molecular weight is 456 g/mol. The van der Waals surface area contributed by atoms with E-state index in [1.807, 2.05) is 48.5 Å². The van der Waals surface area contributed by atoms with E-state index < -0.39 is 18.5 Å². The SMILES string of the molecule is Cc1c(S)cc(CNC(=O)OCC2c3ccccc3-c3ccccc32)c(C)c1[B-](F)(F)F. The second-order valence-electron chi connectivity index (χ2n) is 7.97. The highest BCUT2D eigenvalue weighted by Crippen LogP contribution is 2.44. The van der Waals surface area contributed by atoms with Crippen molar-refractivity contribution in [1.29, 1.82) is 0 Å². The van der Waals surface area contributed by atoms with Crippen LogP contribution >= 0.6 is 12.6 Å². The van der Waals surface area contributed by atoms with Crippen LogP contribution < -0.4 is 10.8 Å². The minimum atomic E-state index is -5.19. The maximum Gasteiger partial charge on any atom is 0.510 e. The molecule has 0 saturated carbocycles. The monoisotopic (exact) mass is 456 g/mol. The fraction of sp³-hybridized carbons (Fsp3) is 0.208. The lowest BCUT2D eigenvalue weighted by atomic mass is 9.73. The van der Waals surface area contributed by atoms with Gasteiger partial charge in [0.1, 0.15) is 6.61 Å². The number of hydrogen-bond donors (Lipinski definition) is 2. The van der Waals surface area contributed by atoms with Gasteiger partial charge in [-0.15, -0.1) is 18.1 Å². The van der Waals surface area contributed by atoms with Crippen molar-refractivity contribution < 1.29 is 22.5 Å². The normalized spacial score (nSPS) is 12.9. The Balaban J connectivity index is 1.46. The van der Waals surface area contributed by atoms with Gasteiger partial charge in [-0.2, -0.15) is 0 Å². The van der Waals surface area contributed by atoms with Gasteiger partial charge < -0.3 is 23.0 Å². The van der Waals surface area contributed by atoms with Gasteiger partial charge in [0.05, 0.1) is 0 Å². The molecular weight excluding hydrogens is 434 g/mol. The van der Waals surface area contributed by atoms with E-state index in [2.05, 4.69) is 17.9 Å². The van der Waals surface area contributed by atoms with Crippen molar-refractivity contribution in [2.75, 3.05) is 6.61 Å². The zero-order chi connectivity index (χ0) is 23.0. The second-order valence-corrected chi connectivity index (χ2v) is 8.45. The van der Waals surface area contributed by atoms with Crippen LogP contribution in [0.3, 0.4) is 0 Å². The molecule has 4 rings (SSSR count). The number of carbonyl (C=O) groups excluding carboxylic acids is 1. The van der Waals surface area contributed by atoms with Crippen molar-refractivity contribution in [1.82, 2.24) is 5.32 Å². The summed E-state index contributed by atoms with van der Waals surface area (Å²) in [7, 11) is 0. The number of nitrogens with one attached hydrogen (secondary N) is 1. The molecule has 3 aromatic rings. The van der Waals surface area contributed by atoms with E-state index in [-0.39, 0.29) is 35.1 Å². The number of amides is 1. The van der Waals surface area contributed by atoms with Crippen LogP contribution in [0.15, 0.2) is 59.5 Å². The molecule has 1 N–H and O–H groups in total. The van der Waals surface area contributed by atoms with Crippen LogP contribution in [0.2, 0.25) is 0 Å². The van der Waals surface area contributed by atoms with Gasteiger partial charge in [-0.3, -0.25) is 0 Å². The molecule has 0 spiro atoms. The third-order valence-electron chi connectivity index (χ3n) is 6.08. The van der Waals surface area contributed by atoms with E-state index in [0.29, 0.717) is 5.56 Å². The summed E-state index contributed by atoms with van der Waals surface area (Å²) in [5.41, 5.74) is 4.34. The van der Waals surface area contributed by atoms with Gasteiger partial charge in [0.15, 0.2) is 0 Å². The lowest BCUT2D eigenvalue weighted by molar-refractivity contribution is 0.142. The molecule has 0 aromatic heterocycles. The molecule has 1 aliphatic carbocycles. The predicted molar refractivity (Wildman–Crippen MR) is 124 cm³/mol. The summed E-state index contributed by atoms with van der Waals surface area (Å²) < 4.78 is 46.0. The van der Waals surface area contributed by atoms with Gasteiger partial charge in [-0.05, 0) is 47.7 Å². The van der Waals surface area contributed by atoms with Crippen LogP contribution in [0.25, 0.3) is 11.1 Å². The number of halogens is 3. The van der Waals surface area contributed by atoms with Crippen molar-refractivity contribution in [2.24, 2.45) is 0 Å². The fourth-order valence-corrected chi connectivity index (χ4v) is 4.74. The molecule has 0 saturated heterocycles. The molecule has 3 aromatic carbocycles. The van der Waals surface area contributed by atoms with Crippen LogP contribution in [0.1, 0.15) is 33.7 Å². The largest absolute Gasteiger partial charge is 0.510 e. The number of rotatable bonds is 5. The molecule has 0 unspecified atom stereocenters. The number of fused-ring (bicyclic) bond motifs is 3. The Hall–Kier alpha value is -2.87. The molecule has 0 fully saturated rings. The van der Waals surface area contributed by atoms with Gasteiger partial charge in [0.2, 0.25) is 0 Å². The van der Waals surface area contributed by atoms with Gasteiger partial charge in [-0.25, -0.2) is 4.79 Å². The smallest absolute Gasteiger partial charge is 0.449 e. The highest BCUT2D eigenvalue weighted by Gasteiger charge is 2.31. The van der Waals surface area contributed by atoms with Crippen molar-refractivity contribution in [3.8, 4) is 11.1 Å². The standard InChI is InChI=1S/C24H22BF3NO2S/c1-14-16(11-22(32)15(2)23(14)25(26,27)28)12-29-24(30)31-13-21-19-9-5-3-7-17(19)18-8-4-6-10-20(18)21/h3-11,21,32H,12-13H2,1-2H3,(H,29,30)/q-1. The minimum absolute atomic E-state index is 0.0739. The third-order valence-corrected chi connectivity index (χ3v) is 6.54. The summed E-state index contributed by atoms with van der Waals surface area (Å²) in [6.07, 6.45) is -0.674. The summed E-state index contributed by atoms with van der Waals surface area (Å²) in [6.45, 7) is -2.30. The van der Waals surface area contributed by atoms with Crippen molar-refractivity contribution in [3.05, 3.63) is 82.4 Å². The molecule has 32 heavy (non-hydrogen) atoms. The molecule has 1 amide bonds. The molecule has 0 atom stereocenters. The van der Waals surface area contributed by atoms with Crippen LogP contribution in [-0.4, -0.2) is 19.7 Å². The Bertz CT molecular complexity index is 1150. The van der Waals surface area contributed by atoms with Crippen molar-refractivity contribution >= 4 is 31.2 Å². The highest BCUT2D eigenvalue weighted by atomic mass is 32.1. The zero-order valence-corrected chi connectivity index (χ0v) is 18.6. The molecule has 166 valence electrons. The first-order valence-corrected chi connectivity index (χ1v) is 10.7. The number of alkyl carbamates (subject to hydrolysis) is 1. The molecule has 3 nitrogen and oxygen atoms in total. The van der Waals surface area contributed by atoms with E-state index in [1.54, 1.807) is 6.07 Å². The summed E-state index contributed by atoms with van der Waals surface area (Å²) >= 11 is 4.18. The van der Waals surface area contributed by atoms with E-state index >= 15 is 0 Å². The van der Waals surface area contributed by atoms with Crippen molar-refractivity contribution in [2.45, 2.75) is 31.2 Å². The number of ether oxygens (including phenoxy) is 1. The van der Waals surface area contributed by atoms with Crippen LogP contribution in [-0.2, 0) is 11.3 Å². The van der Waals surface area contributed by atoms with Crippen LogP contribution in [0, 0.1) is 13.8 Å². The first kappa shape index (κ1) is 22.3. The lowest BCUT2D eigenvalue weighted by Crippen LogP contribution is -2.39. The zero-order valence-electron chi connectivity index (χ0n) is 17.7. The quantitative estimate of drug-likeness (QED) is 0.383. The Morgan fingerprint density at radius 2 is 1.56 bits per heavy atom. The van der Waals surface area contributed by atoms with E-state index in [4.69, 9.17) is 4.74 Å². The highest BCUT2D eigenvalue weighted by molar-refractivity contribution is 7.80. The first-order chi connectivity index (χ1) is 15.2. The molecule has 8 heteroatoms. The van der Waals surface area contributed by atoms with E-state index in [1.165, 1.54) is 13.8 Å². The molecule has 0 bridgehead atoms. The molecule has 0 radical (unpaired) electrons. The van der Waals surface area contributed by atoms with Gasteiger partial charge in [0.25, 0.3) is 0 Å². The summed E-state index contributed by atoms with van der Waals surface area (Å²) in [4.78, 5) is 12.6. The number of thiol groups is 1. The molecule has 0 heterocycles. The number of benzene rings is 3. The third kappa shape index (κ3) is 4.11. The van der Waals surface area contributed by atoms with E-state index in [9.17, 15) is 17.7 Å². The average Bonchev–Trinajstić information content (AvgIpc) is 3.07. The second kappa shape index (κ2) is 8.58. The van der Waals surface area contributed by atoms with Crippen LogP contribution in [0.5, 0.6) is 0 Å². The molecule has 0 aliphatic heterocycles. The van der Waals surface area contributed by atoms with Crippen LogP contribution in [0.4, 0.5) is 17.7 Å². The van der Waals surface area contributed by atoms with Gasteiger partial charge in [0, 0.05) is 17.4 Å². The summed E-state index contributed by atoms with van der Waals surface area (Å²) in [5.74, 6) is -0.0853. The number of hydrogen-bond acceptors (Lipinski definition) is 3. The summed E-state index contributed by atoms with van der Waals surface area (Å²) in [5, 5.41) is 2.58. The topological polar surface area (TPSA) is 38.3 Å². The fourth-order valence-electron chi connectivity index (χ4n) is 4.47. The minimum Gasteiger partial charge on any atom is -0.449 e. The summed E-state index contributed by atoms with van der Waals surface area (Å²) in [6, 6.07) is 17.5. The molecule has 1 aliphatic rings. The first-order valence-electron chi connectivity index (χ1n) is 10.3.